The Morgan fingerprint density at radius 2 is 2.47 bits per heavy atom. The highest BCUT2D eigenvalue weighted by molar-refractivity contribution is 7.07. The van der Waals surface area contributed by atoms with Gasteiger partial charge in [0.2, 0.25) is 0 Å². The Morgan fingerprint density at radius 1 is 1.53 bits per heavy atom. The Morgan fingerprint density at radius 3 is 3.20 bits per heavy atom. The van der Waals surface area contributed by atoms with Crippen molar-refractivity contribution in [2.24, 2.45) is 0 Å². The Kier molecular flexibility index (Phi) is 3.67. The van der Waals surface area contributed by atoms with Gasteiger partial charge in [0, 0.05) is 25.1 Å². The van der Waals surface area contributed by atoms with Gasteiger partial charge in [0.15, 0.2) is 0 Å². The smallest absolute Gasteiger partial charge is 0.141 e. The predicted octanol–water partition coefficient (Wildman–Crippen LogP) is 1.43. The fourth-order valence-corrected chi connectivity index (χ4v) is 2.29. The Balaban J connectivity index is 2.09. The molecule has 1 fully saturated rings. The van der Waals surface area contributed by atoms with Crippen LogP contribution in [0.1, 0.15) is 18.2 Å². The molecule has 2 rings (SSSR count). The van der Waals surface area contributed by atoms with Crippen molar-refractivity contribution in [3.8, 4) is 6.07 Å². The Labute approximate surface area is 93.1 Å². The average Bonchev–Trinajstić information content (AvgIpc) is 2.63. The SMILES string of the molecule is N#CC(c1cscn1)N1CCCOCC1. The molecule has 0 saturated carbocycles. The van der Waals surface area contributed by atoms with Gasteiger partial charge in [-0.3, -0.25) is 4.90 Å². The molecule has 1 aliphatic rings. The van der Waals surface area contributed by atoms with Crippen LogP contribution < -0.4 is 0 Å². The quantitative estimate of drug-likeness (QED) is 0.761. The van der Waals surface area contributed by atoms with Gasteiger partial charge in [-0.25, -0.2) is 4.98 Å². The van der Waals surface area contributed by atoms with Crippen LogP contribution >= 0.6 is 11.3 Å². The first-order chi connectivity index (χ1) is 7.42. The van der Waals surface area contributed by atoms with E-state index in [2.05, 4.69) is 16.0 Å². The van der Waals surface area contributed by atoms with Gasteiger partial charge >= 0.3 is 0 Å². The summed E-state index contributed by atoms with van der Waals surface area (Å²) in [5, 5.41) is 11.1. The van der Waals surface area contributed by atoms with Crippen LogP contribution in [0.3, 0.4) is 0 Å². The van der Waals surface area contributed by atoms with Crippen LogP contribution in [-0.2, 0) is 4.74 Å². The minimum absolute atomic E-state index is 0.210. The summed E-state index contributed by atoms with van der Waals surface area (Å²) >= 11 is 1.53. The highest BCUT2D eigenvalue weighted by Crippen LogP contribution is 2.20. The van der Waals surface area contributed by atoms with E-state index in [1.807, 2.05) is 5.38 Å². The standard InChI is InChI=1S/C10H13N3OS/c11-6-10(9-7-15-8-12-9)13-2-1-4-14-5-3-13/h7-8,10H,1-5H2. The molecule has 0 aromatic carbocycles. The molecule has 1 atom stereocenters. The molecule has 0 N–H and O–H groups in total. The fourth-order valence-electron chi connectivity index (χ4n) is 1.72. The van der Waals surface area contributed by atoms with E-state index in [1.54, 1.807) is 5.51 Å². The van der Waals surface area contributed by atoms with Crippen molar-refractivity contribution in [3.63, 3.8) is 0 Å². The third-order valence-corrected chi connectivity index (χ3v) is 3.08. The van der Waals surface area contributed by atoms with Crippen molar-refractivity contribution in [1.29, 1.82) is 5.26 Å². The zero-order chi connectivity index (χ0) is 10.5. The number of rotatable bonds is 2. The minimum atomic E-state index is -0.210. The Bertz CT molecular complexity index is 325. The fraction of sp³-hybridized carbons (Fsp3) is 0.600. The van der Waals surface area contributed by atoms with Crippen molar-refractivity contribution >= 4 is 11.3 Å². The third kappa shape index (κ3) is 2.53. The van der Waals surface area contributed by atoms with E-state index in [0.717, 1.165) is 31.8 Å². The molecule has 4 nitrogen and oxygen atoms in total. The molecule has 1 aliphatic heterocycles. The summed E-state index contributed by atoms with van der Waals surface area (Å²) in [6, 6.07) is 2.11. The second-order valence-electron chi connectivity index (χ2n) is 3.45. The number of nitriles is 1. The highest BCUT2D eigenvalue weighted by Gasteiger charge is 2.22. The van der Waals surface area contributed by atoms with E-state index in [9.17, 15) is 5.26 Å². The summed E-state index contributed by atoms with van der Waals surface area (Å²) in [5.41, 5.74) is 2.64. The molecule has 15 heavy (non-hydrogen) atoms. The number of thiazole rings is 1. The van der Waals surface area contributed by atoms with Crippen molar-refractivity contribution in [2.45, 2.75) is 12.5 Å². The van der Waals surface area contributed by atoms with Crippen molar-refractivity contribution in [1.82, 2.24) is 9.88 Å². The second-order valence-corrected chi connectivity index (χ2v) is 4.17. The molecule has 5 heteroatoms. The molecule has 1 unspecified atom stereocenters. The number of hydrogen-bond acceptors (Lipinski definition) is 5. The molecule has 80 valence electrons. The van der Waals surface area contributed by atoms with Crippen LogP contribution in [0.2, 0.25) is 0 Å². The van der Waals surface area contributed by atoms with Crippen molar-refractivity contribution in [3.05, 3.63) is 16.6 Å². The second kappa shape index (κ2) is 5.21. The first kappa shape index (κ1) is 10.6. The monoisotopic (exact) mass is 223 g/mol. The molecule has 0 amide bonds. The molecule has 0 bridgehead atoms. The van der Waals surface area contributed by atoms with Gasteiger partial charge in [-0.2, -0.15) is 5.26 Å². The van der Waals surface area contributed by atoms with E-state index in [1.165, 1.54) is 11.3 Å². The number of hydrogen-bond donors (Lipinski definition) is 0. The van der Waals surface area contributed by atoms with E-state index < -0.39 is 0 Å². The average molecular weight is 223 g/mol. The summed E-state index contributed by atoms with van der Waals surface area (Å²) in [6.07, 6.45) is 0.988. The lowest BCUT2D eigenvalue weighted by Gasteiger charge is -2.23. The summed E-state index contributed by atoms with van der Waals surface area (Å²) in [4.78, 5) is 6.35. The van der Waals surface area contributed by atoms with E-state index in [-0.39, 0.29) is 6.04 Å². The number of nitrogens with zero attached hydrogens (tertiary/aromatic N) is 3. The van der Waals surface area contributed by atoms with Crippen LogP contribution in [0.15, 0.2) is 10.9 Å². The van der Waals surface area contributed by atoms with E-state index >= 15 is 0 Å². The lowest BCUT2D eigenvalue weighted by atomic mass is 10.2. The maximum atomic E-state index is 9.17. The molecule has 2 heterocycles. The first-order valence-electron chi connectivity index (χ1n) is 5.01. The van der Waals surface area contributed by atoms with Gasteiger partial charge in [0.1, 0.15) is 6.04 Å². The van der Waals surface area contributed by atoms with Crippen LogP contribution in [0.5, 0.6) is 0 Å². The summed E-state index contributed by atoms with van der Waals surface area (Å²) in [5.74, 6) is 0. The molecule has 0 aliphatic carbocycles. The van der Waals surface area contributed by atoms with Gasteiger partial charge in [-0.15, -0.1) is 11.3 Å². The molecule has 0 spiro atoms. The van der Waals surface area contributed by atoms with Gasteiger partial charge in [-0.05, 0) is 6.42 Å². The van der Waals surface area contributed by atoms with Crippen LogP contribution in [0.4, 0.5) is 0 Å². The largest absolute Gasteiger partial charge is 0.380 e. The number of aromatic nitrogens is 1. The van der Waals surface area contributed by atoms with E-state index in [0.29, 0.717) is 6.61 Å². The van der Waals surface area contributed by atoms with Crippen LogP contribution in [0, 0.1) is 11.3 Å². The third-order valence-electron chi connectivity index (χ3n) is 2.48. The van der Waals surface area contributed by atoms with Gasteiger partial charge in [0.25, 0.3) is 0 Å². The van der Waals surface area contributed by atoms with Crippen molar-refractivity contribution < 1.29 is 4.74 Å². The minimum Gasteiger partial charge on any atom is -0.380 e. The highest BCUT2D eigenvalue weighted by atomic mass is 32.1. The van der Waals surface area contributed by atoms with Crippen LogP contribution in [-0.4, -0.2) is 36.2 Å². The lowest BCUT2D eigenvalue weighted by Crippen LogP contribution is -2.30. The zero-order valence-electron chi connectivity index (χ0n) is 8.43. The summed E-state index contributed by atoms with van der Waals surface area (Å²) in [7, 11) is 0. The number of ether oxygens (including phenoxy) is 1. The normalized spacial score (nSPS) is 20.5. The molecule has 0 radical (unpaired) electrons. The van der Waals surface area contributed by atoms with E-state index in [4.69, 9.17) is 4.74 Å². The summed E-state index contributed by atoms with van der Waals surface area (Å²) < 4.78 is 5.37. The Hall–Kier alpha value is -0.960. The van der Waals surface area contributed by atoms with Gasteiger partial charge < -0.3 is 4.74 Å². The van der Waals surface area contributed by atoms with Gasteiger partial charge in [0.05, 0.1) is 23.9 Å². The zero-order valence-corrected chi connectivity index (χ0v) is 9.24. The summed E-state index contributed by atoms with van der Waals surface area (Å²) in [6.45, 7) is 3.24. The van der Waals surface area contributed by atoms with Crippen molar-refractivity contribution in [2.75, 3.05) is 26.3 Å². The molecular weight excluding hydrogens is 210 g/mol. The molecule has 1 aromatic rings. The van der Waals surface area contributed by atoms with Crippen LogP contribution in [0.25, 0.3) is 0 Å². The predicted molar refractivity (Wildman–Crippen MR) is 57.5 cm³/mol. The molecule has 1 saturated heterocycles. The van der Waals surface area contributed by atoms with Gasteiger partial charge in [-0.1, -0.05) is 0 Å². The molecular formula is C10H13N3OS. The first-order valence-corrected chi connectivity index (χ1v) is 5.95. The maximum absolute atomic E-state index is 9.17. The topological polar surface area (TPSA) is 49.2 Å². The maximum Gasteiger partial charge on any atom is 0.141 e. The lowest BCUT2D eigenvalue weighted by molar-refractivity contribution is 0.137. The molecule has 1 aromatic heterocycles.